The van der Waals surface area contributed by atoms with E-state index in [1.54, 1.807) is 0 Å². The van der Waals surface area contributed by atoms with E-state index in [0.29, 0.717) is 0 Å². The van der Waals surface area contributed by atoms with Crippen molar-refractivity contribution in [3.05, 3.63) is 52.6 Å². The molecule has 1 amide bonds. The van der Waals surface area contributed by atoms with Gasteiger partial charge in [0.15, 0.2) is 0 Å². The first-order chi connectivity index (χ1) is 9.11. The fourth-order valence-corrected chi connectivity index (χ4v) is 1.91. The van der Waals surface area contributed by atoms with Crippen LogP contribution >= 0.6 is 11.6 Å². The van der Waals surface area contributed by atoms with Gasteiger partial charge in [-0.1, -0.05) is 36.7 Å². The van der Waals surface area contributed by atoms with Crippen molar-refractivity contribution in [3.63, 3.8) is 0 Å². The number of para-hydroxylation sites is 1. The molecule has 0 bridgehead atoms. The standard InChI is InChI=1S/C14H14ClN3O/c1-3-10-6-4-5-9(2)13(10)18-14(19)11-7-17-12(15)8-16-11/h4-8H,3H2,1-2H3,(H,18,19). The van der Waals surface area contributed by atoms with Crippen LogP contribution in [0.5, 0.6) is 0 Å². The van der Waals surface area contributed by atoms with Gasteiger partial charge in [0.25, 0.3) is 5.91 Å². The number of halogens is 1. The molecule has 0 radical (unpaired) electrons. The van der Waals surface area contributed by atoms with E-state index in [0.717, 1.165) is 23.2 Å². The zero-order valence-corrected chi connectivity index (χ0v) is 11.5. The van der Waals surface area contributed by atoms with Gasteiger partial charge in [-0.15, -0.1) is 0 Å². The maximum atomic E-state index is 12.1. The van der Waals surface area contributed by atoms with Gasteiger partial charge >= 0.3 is 0 Å². The van der Waals surface area contributed by atoms with Gasteiger partial charge in [0.05, 0.1) is 12.4 Å². The highest BCUT2D eigenvalue weighted by Gasteiger charge is 2.11. The molecule has 1 aromatic heterocycles. The molecule has 2 rings (SSSR count). The largest absolute Gasteiger partial charge is 0.320 e. The minimum absolute atomic E-state index is 0.245. The van der Waals surface area contributed by atoms with E-state index in [-0.39, 0.29) is 16.8 Å². The first-order valence-electron chi connectivity index (χ1n) is 5.99. The van der Waals surface area contributed by atoms with Crippen molar-refractivity contribution in [2.45, 2.75) is 20.3 Å². The van der Waals surface area contributed by atoms with Gasteiger partial charge in [0.1, 0.15) is 10.8 Å². The van der Waals surface area contributed by atoms with E-state index < -0.39 is 0 Å². The summed E-state index contributed by atoms with van der Waals surface area (Å²) in [5, 5.41) is 3.15. The fraction of sp³-hybridized carbons (Fsp3) is 0.214. The van der Waals surface area contributed by atoms with Crippen LogP contribution in [0.4, 0.5) is 5.69 Å². The van der Waals surface area contributed by atoms with Crippen molar-refractivity contribution in [1.82, 2.24) is 9.97 Å². The molecule has 0 atom stereocenters. The number of hydrogen-bond donors (Lipinski definition) is 1. The molecular weight excluding hydrogens is 262 g/mol. The van der Waals surface area contributed by atoms with Crippen molar-refractivity contribution >= 4 is 23.2 Å². The Morgan fingerprint density at radius 2 is 2.11 bits per heavy atom. The van der Waals surface area contributed by atoms with E-state index in [4.69, 9.17) is 11.6 Å². The van der Waals surface area contributed by atoms with Crippen LogP contribution in [0, 0.1) is 6.92 Å². The number of hydrogen-bond acceptors (Lipinski definition) is 3. The minimum atomic E-state index is -0.284. The highest BCUT2D eigenvalue weighted by Crippen LogP contribution is 2.21. The van der Waals surface area contributed by atoms with Crippen LogP contribution in [0.3, 0.4) is 0 Å². The number of benzene rings is 1. The molecule has 0 aliphatic rings. The van der Waals surface area contributed by atoms with Crippen molar-refractivity contribution in [2.75, 3.05) is 5.32 Å². The summed E-state index contributed by atoms with van der Waals surface area (Å²) in [4.78, 5) is 19.9. The van der Waals surface area contributed by atoms with Crippen molar-refractivity contribution in [3.8, 4) is 0 Å². The summed E-state index contributed by atoms with van der Waals surface area (Å²) in [5.74, 6) is -0.284. The Kier molecular flexibility index (Phi) is 4.12. The lowest BCUT2D eigenvalue weighted by Gasteiger charge is -2.12. The lowest BCUT2D eigenvalue weighted by molar-refractivity contribution is 0.102. The minimum Gasteiger partial charge on any atom is -0.320 e. The molecular formula is C14H14ClN3O. The third-order valence-corrected chi connectivity index (χ3v) is 3.03. The lowest BCUT2D eigenvalue weighted by Crippen LogP contribution is -2.16. The Morgan fingerprint density at radius 3 is 2.74 bits per heavy atom. The van der Waals surface area contributed by atoms with Crippen LogP contribution in [0.2, 0.25) is 5.15 Å². The number of amides is 1. The Balaban J connectivity index is 2.26. The molecule has 2 aromatic rings. The number of aryl methyl sites for hydroxylation is 2. The second-order valence-electron chi connectivity index (χ2n) is 4.14. The third kappa shape index (κ3) is 3.09. The monoisotopic (exact) mass is 275 g/mol. The molecule has 1 aromatic carbocycles. The molecule has 19 heavy (non-hydrogen) atoms. The summed E-state index contributed by atoms with van der Waals surface area (Å²) in [5.41, 5.74) is 3.20. The van der Waals surface area contributed by atoms with Gasteiger partial charge in [-0.05, 0) is 24.5 Å². The molecule has 0 fully saturated rings. The molecule has 4 nitrogen and oxygen atoms in total. The molecule has 1 N–H and O–H groups in total. The maximum absolute atomic E-state index is 12.1. The van der Waals surface area contributed by atoms with Crippen molar-refractivity contribution in [1.29, 1.82) is 0 Å². The van der Waals surface area contributed by atoms with E-state index in [2.05, 4.69) is 15.3 Å². The summed E-state index contributed by atoms with van der Waals surface area (Å²) in [6.45, 7) is 4.01. The number of nitrogens with one attached hydrogen (secondary N) is 1. The van der Waals surface area contributed by atoms with Gasteiger partial charge in [-0.25, -0.2) is 9.97 Å². The SMILES string of the molecule is CCc1cccc(C)c1NC(=O)c1cnc(Cl)cn1. The number of carbonyl (C=O) groups is 1. The average Bonchev–Trinajstić information content (AvgIpc) is 2.41. The van der Waals surface area contributed by atoms with Crippen LogP contribution in [0.1, 0.15) is 28.5 Å². The Labute approximate surface area is 116 Å². The number of aromatic nitrogens is 2. The third-order valence-electron chi connectivity index (χ3n) is 2.83. The molecule has 0 saturated carbocycles. The summed E-state index contributed by atoms with van der Waals surface area (Å²) < 4.78 is 0. The summed E-state index contributed by atoms with van der Waals surface area (Å²) in [7, 11) is 0. The Hall–Kier alpha value is -1.94. The Bertz CT molecular complexity index is 596. The van der Waals surface area contributed by atoms with Crippen LogP contribution in [0.25, 0.3) is 0 Å². The quantitative estimate of drug-likeness (QED) is 0.935. The average molecular weight is 276 g/mol. The normalized spacial score (nSPS) is 10.3. The maximum Gasteiger partial charge on any atom is 0.275 e. The van der Waals surface area contributed by atoms with Crippen molar-refractivity contribution < 1.29 is 4.79 Å². The smallest absolute Gasteiger partial charge is 0.275 e. The van der Waals surface area contributed by atoms with Gasteiger partial charge in [-0.3, -0.25) is 4.79 Å². The van der Waals surface area contributed by atoms with E-state index in [1.165, 1.54) is 12.4 Å². The predicted octanol–water partition coefficient (Wildman–Crippen LogP) is 3.25. The molecule has 0 aliphatic heterocycles. The summed E-state index contributed by atoms with van der Waals surface area (Å²) >= 11 is 5.64. The lowest BCUT2D eigenvalue weighted by atomic mass is 10.1. The van der Waals surface area contributed by atoms with Gasteiger partial charge < -0.3 is 5.32 Å². The molecule has 0 aliphatic carbocycles. The number of anilines is 1. The van der Waals surface area contributed by atoms with E-state index in [9.17, 15) is 4.79 Å². The highest BCUT2D eigenvalue weighted by atomic mass is 35.5. The van der Waals surface area contributed by atoms with Gasteiger partial charge in [0, 0.05) is 5.69 Å². The zero-order valence-electron chi connectivity index (χ0n) is 10.8. The molecule has 98 valence electrons. The van der Waals surface area contributed by atoms with Gasteiger partial charge in [0.2, 0.25) is 0 Å². The molecule has 1 heterocycles. The second kappa shape index (κ2) is 5.80. The molecule has 0 spiro atoms. The van der Waals surface area contributed by atoms with Gasteiger partial charge in [-0.2, -0.15) is 0 Å². The van der Waals surface area contributed by atoms with Crippen molar-refractivity contribution in [2.24, 2.45) is 0 Å². The molecule has 5 heteroatoms. The summed E-state index contributed by atoms with van der Waals surface area (Å²) in [6, 6.07) is 5.93. The number of carbonyl (C=O) groups excluding carboxylic acids is 1. The van der Waals surface area contributed by atoms with Crippen LogP contribution in [-0.2, 0) is 6.42 Å². The zero-order chi connectivity index (χ0) is 13.8. The van der Waals surface area contributed by atoms with Crippen LogP contribution in [0.15, 0.2) is 30.6 Å². The topological polar surface area (TPSA) is 54.9 Å². The number of rotatable bonds is 3. The summed E-state index contributed by atoms with van der Waals surface area (Å²) in [6.07, 6.45) is 3.57. The van der Waals surface area contributed by atoms with Crippen LogP contribution < -0.4 is 5.32 Å². The van der Waals surface area contributed by atoms with E-state index in [1.807, 2.05) is 32.0 Å². The first-order valence-corrected chi connectivity index (χ1v) is 6.37. The fourth-order valence-electron chi connectivity index (χ4n) is 1.81. The van der Waals surface area contributed by atoms with E-state index >= 15 is 0 Å². The predicted molar refractivity (Wildman–Crippen MR) is 75.6 cm³/mol. The molecule has 0 saturated heterocycles. The second-order valence-corrected chi connectivity index (χ2v) is 4.53. The first kappa shape index (κ1) is 13.5. The molecule has 0 unspecified atom stereocenters. The number of nitrogens with zero attached hydrogens (tertiary/aromatic N) is 2. The Morgan fingerprint density at radius 1 is 1.32 bits per heavy atom. The highest BCUT2D eigenvalue weighted by molar-refractivity contribution is 6.29. The van der Waals surface area contributed by atoms with Crippen LogP contribution in [-0.4, -0.2) is 15.9 Å².